The lowest BCUT2D eigenvalue weighted by atomic mass is 10.1. The van der Waals surface area contributed by atoms with E-state index in [0.717, 1.165) is 23.0 Å². The van der Waals surface area contributed by atoms with Crippen LogP contribution < -0.4 is 10.6 Å². The summed E-state index contributed by atoms with van der Waals surface area (Å²) in [6, 6.07) is 7.61. The van der Waals surface area contributed by atoms with Crippen LogP contribution in [0.1, 0.15) is 20.3 Å². The van der Waals surface area contributed by atoms with Crippen LogP contribution in [0.25, 0.3) is 10.9 Å². The Balaban J connectivity index is 1.96. The molecular weight excluding hydrogens is 226 g/mol. The zero-order valence-electron chi connectivity index (χ0n) is 10.8. The van der Waals surface area contributed by atoms with E-state index in [1.807, 2.05) is 30.5 Å². The molecule has 1 heterocycles. The van der Waals surface area contributed by atoms with Crippen LogP contribution in [0.5, 0.6) is 0 Å². The standard InChI is InChI=1S/C14H19N3O/c1-10(2)6-8-16-14(18)17-13-5-3-4-12-11(13)7-9-15-12/h3-5,7,9-10,15H,6,8H2,1-2H3,(H2,16,17,18). The summed E-state index contributed by atoms with van der Waals surface area (Å²) < 4.78 is 0. The molecule has 3 N–H and O–H groups in total. The Bertz CT molecular complexity index is 531. The fourth-order valence-electron chi connectivity index (χ4n) is 1.84. The molecule has 0 radical (unpaired) electrons. The molecule has 4 nitrogen and oxygen atoms in total. The Hall–Kier alpha value is -1.97. The molecule has 0 bridgehead atoms. The topological polar surface area (TPSA) is 56.9 Å². The van der Waals surface area contributed by atoms with Crippen LogP contribution in [0, 0.1) is 5.92 Å². The van der Waals surface area contributed by atoms with Gasteiger partial charge in [0.05, 0.1) is 5.69 Å². The van der Waals surface area contributed by atoms with Crippen LogP contribution in [0.15, 0.2) is 30.5 Å². The average Bonchev–Trinajstić information content (AvgIpc) is 2.77. The van der Waals surface area contributed by atoms with Crippen molar-refractivity contribution in [3.05, 3.63) is 30.5 Å². The molecule has 0 unspecified atom stereocenters. The molecule has 1 aromatic heterocycles. The number of amides is 2. The summed E-state index contributed by atoms with van der Waals surface area (Å²) >= 11 is 0. The van der Waals surface area contributed by atoms with Gasteiger partial charge in [-0.1, -0.05) is 19.9 Å². The van der Waals surface area contributed by atoms with E-state index in [2.05, 4.69) is 29.5 Å². The summed E-state index contributed by atoms with van der Waals surface area (Å²) in [5.41, 5.74) is 1.85. The lowest BCUT2D eigenvalue weighted by molar-refractivity contribution is 0.251. The molecule has 2 amide bonds. The van der Waals surface area contributed by atoms with Gasteiger partial charge in [-0.25, -0.2) is 4.79 Å². The van der Waals surface area contributed by atoms with Crippen LogP contribution in [0.3, 0.4) is 0 Å². The summed E-state index contributed by atoms with van der Waals surface area (Å²) in [7, 11) is 0. The Morgan fingerprint density at radius 3 is 2.94 bits per heavy atom. The maximum absolute atomic E-state index is 11.7. The van der Waals surface area contributed by atoms with Gasteiger partial charge in [-0.15, -0.1) is 0 Å². The minimum Gasteiger partial charge on any atom is -0.361 e. The highest BCUT2D eigenvalue weighted by Gasteiger charge is 2.05. The van der Waals surface area contributed by atoms with Crippen LogP contribution >= 0.6 is 0 Å². The molecule has 0 aliphatic rings. The zero-order valence-corrected chi connectivity index (χ0v) is 10.8. The third-order valence-corrected chi connectivity index (χ3v) is 2.85. The predicted molar refractivity (Wildman–Crippen MR) is 74.8 cm³/mol. The van der Waals surface area contributed by atoms with Crippen molar-refractivity contribution < 1.29 is 4.79 Å². The summed E-state index contributed by atoms with van der Waals surface area (Å²) in [6.07, 6.45) is 2.86. The number of benzene rings is 1. The first-order chi connectivity index (χ1) is 8.66. The highest BCUT2D eigenvalue weighted by Crippen LogP contribution is 2.21. The van der Waals surface area contributed by atoms with Gasteiger partial charge in [0.25, 0.3) is 0 Å². The molecule has 18 heavy (non-hydrogen) atoms. The molecular formula is C14H19N3O. The lowest BCUT2D eigenvalue weighted by Gasteiger charge is -2.09. The second-order valence-corrected chi connectivity index (χ2v) is 4.81. The first-order valence-corrected chi connectivity index (χ1v) is 6.28. The lowest BCUT2D eigenvalue weighted by Crippen LogP contribution is -2.30. The second kappa shape index (κ2) is 5.58. The third-order valence-electron chi connectivity index (χ3n) is 2.85. The van der Waals surface area contributed by atoms with Gasteiger partial charge in [0.1, 0.15) is 0 Å². The van der Waals surface area contributed by atoms with Crippen molar-refractivity contribution in [2.45, 2.75) is 20.3 Å². The maximum Gasteiger partial charge on any atom is 0.319 e. The Labute approximate surface area is 107 Å². The third kappa shape index (κ3) is 3.03. The first kappa shape index (κ1) is 12.5. The normalized spacial score (nSPS) is 10.8. The number of anilines is 1. The monoisotopic (exact) mass is 245 g/mol. The molecule has 2 aromatic rings. The number of hydrogen-bond donors (Lipinski definition) is 3. The molecule has 0 aliphatic heterocycles. The second-order valence-electron chi connectivity index (χ2n) is 4.81. The van der Waals surface area contributed by atoms with Gasteiger partial charge < -0.3 is 15.6 Å². The molecule has 0 aliphatic carbocycles. The number of carbonyl (C=O) groups is 1. The molecule has 0 saturated heterocycles. The fraction of sp³-hybridized carbons (Fsp3) is 0.357. The largest absolute Gasteiger partial charge is 0.361 e. The molecule has 96 valence electrons. The van der Waals surface area contributed by atoms with Crippen LogP contribution in [-0.4, -0.2) is 17.6 Å². The minimum absolute atomic E-state index is 0.149. The van der Waals surface area contributed by atoms with Gasteiger partial charge in [-0.2, -0.15) is 0 Å². The first-order valence-electron chi connectivity index (χ1n) is 6.28. The summed E-state index contributed by atoms with van der Waals surface area (Å²) in [4.78, 5) is 14.8. The summed E-state index contributed by atoms with van der Waals surface area (Å²) in [6.45, 7) is 4.98. The zero-order chi connectivity index (χ0) is 13.0. The Morgan fingerprint density at radius 2 is 2.17 bits per heavy atom. The highest BCUT2D eigenvalue weighted by molar-refractivity contribution is 6.00. The van der Waals surface area contributed by atoms with Crippen molar-refractivity contribution in [3.63, 3.8) is 0 Å². The van der Waals surface area contributed by atoms with Gasteiger partial charge in [0.2, 0.25) is 0 Å². The van der Waals surface area contributed by atoms with Crippen molar-refractivity contribution in [1.29, 1.82) is 0 Å². The Kier molecular flexibility index (Phi) is 3.87. The number of aromatic amines is 1. The van der Waals surface area contributed by atoms with Crippen molar-refractivity contribution in [2.24, 2.45) is 5.92 Å². The average molecular weight is 245 g/mol. The minimum atomic E-state index is -0.149. The van der Waals surface area contributed by atoms with E-state index in [4.69, 9.17) is 0 Å². The van der Waals surface area contributed by atoms with E-state index in [1.54, 1.807) is 0 Å². The van der Waals surface area contributed by atoms with Gasteiger partial charge in [0, 0.05) is 23.6 Å². The van der Waals surface area contributed by atoms with E-state index < -0.39 is 0 Å². The fourth-order valence-corrected chi connectivity index (χ4v) is 1.84. The number of aromatic nitrogens is 1. The maximum atomic E-state index is 11.7. The molecule has 0 fully saturated rings. The number of nitrogens with one attached hydrogen (secondary N) is 3. The van der Waals surface area contributed by atoms with Crippen LogP contribution in [0.2, 0.25) is 0 Å². The van der Waals surface area contributed by atoms with E-state index in [0.29, 0.717) is 12.5 Å². The van der Waals surface area contributed by atoms with Gasteiger partial charge >= 0.3 is 6.03 Å². The predicted octanol–water partition coefficient (Wildman–Crippen LogP) is 3.34. The van der Waals surface area contributed by atoms with Gasteiger partial charge in [0.15, 0.2) is 0 Å². The number of hydrogen-bond acceptors (Lipinski definition) is 1. The number of H-pyrrole nitrogens is 1. The van der Waals surface area contributed by atoms with Crippen LogP contribution in [-0.2, 0) is 0 Å². The van der Waals surface area contributed by atoms with Gasteiger partial charge in [-0.05, 0) is 30.5 Å². The smallest absolute Gasteiger partial charge is 0.319 e. The van der Waals surface area contributed by atoms with E-state index >= 15 is 0 Å². The Morgan fingerprint density at radius 1 is 1.33 bits per heavy atom. The molecule has 1 aromatic carbocycles. The van der Waals surface area contributed by atoms with Crippen LogP contribution in [0.4, 0.5) is 10.5 Å². The molecule has 0 spiro atoms. The van der Waals surface area contributed by atoms with E-state index in [9.17, 15) is 4.79 Å². The van der Waals surface area contributed by atoms with E-state index in [1.165, 1.54) is 0 Å². The van der Waals surface area contributed by atoms with Crippen molar-refractivity contribution in [1.82, 2.24) is 10.3 Å². The quantitative estimate of drug-likeness (QED) is 0.760. The molecule has 4 heteroatoms. The van der Waals surface area contributed by atoms with Crippen molar-refractivity contribution in [2.75, 3.05) is 11.9 Å². The SMILES string of the molecule is CC(C)CCNC(=O)Nc1cccc2[nH]ccc12. The van der Waals surface area contributed by atoms with Gasteiger partial charge in [-0.3, -0.25) is 0 Å². The number of urea groups is 1. The van der Waals surface area contributed by atoms with Crippen molar-refractivity contribution in [3.8, 4) is 0 Å². The summed E-state index contributed by atoms with van der Waals surface area (Å²) in [5.74, 6) is 0.596. The van der Waals surface area contributed by atoms with E-state index in [-0.39, 0.29) is 6.03 Å². The number of rotatable bonds is 4. The summed E-state index contributed by atoms with van der Waals surface area (Å²) in [5, 5.41) is 6.76. The number of fused-ring (bicyclic) bond motifs is 1. The van der Waals surface area contributed by atoms with Crippen molar-refractivity contribution >= 4 is 22.6 Å². The highest BCUT2D eigenvalue weighted by atomic mass is 16.2. The molecule has 0 saturated carbocycles. The number of carbonyl (C=O) groups excluding carboxylic acids is 1. The molecule has 2 rings (SSSR count). The molecule has 0 atom stereocenters.